The number of rotatable bonds is 6. The Morgan fingerprint density at radius 3 is 2.62 bits per heavy atom. The molecular weight excluding hydrogens is 208 g/mol. The van der Waals surface area contributed by atoms with Crippen LogP contribution in [0.25, 0.3) is 0 Å². The summed E-state index contributed by atoms with van der Waals surface area (Å²) in [7, 11) is 1.29. The van der Waals surface area contributed by atoms with E-state index in [0.29, 0.717) is 19.5 Å². The summed E-state index contributed by atoms with van der Waals surface area (Å²) in [5.41, 5.74) is 0. The first-order valence-corrected chi connectivity index (χ1v) is 5.07. The Balaban J connectivity index is 3.95. The van der Waals surface area contributed by atoms with Gasteiger partial charge in [-0.2, -0.15) is 0 Å². The van der Waals surface area contributed by atoms with E-state index in [1.54, 1.807) is 6.92 Å². The average Bonchev–Trinajstić information content (AvgIpc) is 2.25. The first-order valence-electron chi connectivity index (χ1n) is 5.07. The summed E-state index contributed by atoms with van der Waals surface area (Å²) in [5.74, 6) is 4.95. The van der Waals surface area contributed by atoms with Crippen molar-refractivity contribution in [3.05, 3.63) is 0 Å². The highest BCUT2D eigenvalue weighted by Gasteiger charge is 2.18. The highest BCUT2D eigenvalue weighted by atomic mass is 16.5. The molecule has 0 bridgehead atoms. The minimum Gasteiger partial charge on any atom is -0.467 e. The summed E-state index contributed by atoms with van der Waals surface area (Å²) in [4.78, 5) is 22.1. The van der Waals surface area contributed by atoms with Crippen LogP contribution in [0.1, 0.15) is 20.3 Å². The molecule has 2 N–H and O–H groups in total. The van der Waals surface area contributed by atoms with Crippen LogP contribution in [0.2, 0.25) is 0 Å². The molecule has 90 valence electrons. The maximum absolute atomic E-state index is 11.3. The van der Waals surface area contributed by atoms with Crippen molar-refractivity contribution in [1.82, 2.24) is 10.6 Å². The zero-order valence-corrected chi connectivity index (χ0v) is 9.92. The zero-order chi connectivity index (χ0) is 12.4. The fourth-order valence-corrected chi connectivity index (χ4v) is 1.10. The summed E-state index contributed by atoms with van der Waals surface area (Å²) in [5, 5.41) is 5.53. The number of esters is 1. The van der Waals surface area contributed by atoms with Crippen LogP contribution in [-0.4, -0.2) is 38.1 Å². The quantitative estimate of drug-likeness (QED) is 0.369. The first-order chi connectivity index (χ1) is 7.61. The van der Waals surface area contributed by atoms with Crippen molar-refractivity contribution in [2.24, 2.45) is 0 Å². The van der Waals surface area contributed by atoms with Gasteiger partial charge in [-0.1, -0.05) is 0 Å². The summed E-state index contributed by atoms with van der Waals surface area (Å²) < 4.78 is 4.57. The van der Waals surface area contributed by atoms with E-state index in [0.717, 1.165) is 0 Å². The molecule has 1 unspecified atom stereocenters. The summed E-state index contributed by atoms with van der Waals surface area (Å²) >= 11 is 0. The van der Waals surface area contributed by atoms with Gasteiger partial charge in [-0.05, 0) is 6.92 Å². The molecule has 0 rings (SSSR count). The largest absolute Gasteiger partial charge is 0.467 e. The number of carbonyl (C=O) groups excluding carboxylic acids is 2. The number of amides is 1. The average molecular weight is 226 g/mol. The predicted molar refractivity (Wildman–Crippen MR) is 60.6 cm³/mol. The van der Waals surface area contributed by atoms with E-state index in [1.165, 1.54) is 14.0 Å². The lowest BCUT2D eigenvalue weighted by Gasteiger charge is -2.15. The number of hydrogen-bond acceptors (Lipinski definition) is 4. The molecule has 0 aromatic carbocycles. The molecule has 0 saturated carbocycles. The van der Waals surface area contributed by atoms with Crippen LogP contribution in [0.5, 0.6) is 0 Å². The van der Waals surface area contributed by atoms with Gasteiger partial charge in [0.2, 0.25) is 5.91 Å². The van der Waals surface area contributed by atoms with E-state index in [-0.39, 0.29) is 5.91 Å². The van der Waals surface area contributed by atoms with Crippen LogP contribution in [0.3, 0.4) is 0 Å². The second-order valence-electron chi connectivity index (χ2n) is 3.16. The topological polar surface area (TPSA) is 67.4 Å². The Morgan fingerprint density at radius 2 is 2.12 bits per heavy atom. The molecule has 0 heterocycles. The summed E-state index contributed by atoms with van der Waals surface area (Å²) in [6, 6.07) is -0.642. The van der Waals surface area contributed by atoms with Crippen molar-refractivity contribution in [2.45, 2.75) is 26.3 Å². The van der Waals surface area contributed by atoms with Crippen molar-refractivity contribution >= 4 is 11.9 Å². The van der Waals surface area contributed by atoms with Gasteiger partial charge < -0.3 is 15.4 Å². The lowest BCUT2D eigenvalue weighted by atomic mass is 10.3. The highest BCUT2D eigenvalue weighted by molar-refractivity contribution is 5.83. The Bertz CT molecular complexity index is 291. The van der Waals surface area contributed by atoms with Gasteiger partial charge in [0.25, 0.3) is 0 Å². The molecule has 0 aliphatic rings. The molecule has 0 aliphatic heterocycles. The Hall–Kier alpha value is -1.54. The number of carbonyl (C=O) groups is 2. The van der Waals surface area contributed by atoms with Gasteiger partial charge in [0, 0.05) is 26.4 Å². The van der Waals surface area contributed by atoms with Crippen LogP contribution in [0, 0.1) is 11.8 Å². The minimum absolute atomic E-state index is 0.259. The smallest absolute Gasteiger partial charge is 0.329 e. The minimum atomic E-state index is -0.642. The number of methoxy groups -OCH3 is 1. The molecule has 0 fully saturated rings. The fraction of sp³-hybridized carbons (Fsp3) is 0.636. The van der Waals surface area contributed by atoms with Crippen molar-refractivity contribution in [2.75, 3.05) is 20.2 Å². The number of hydrogen-bond donors (Lipinski definition) is 2. The van der Waals surface area contributed by atoms with Crippen LogP contribution in [-0.2, 0) is 14.3 Å². The van der Waals surface area contributed by atoms with E-state index in [2.05, 4.69) is 27.2 Å². The van der Waals surface area contributed by atoms with E-state index >= 15 is 0 Å². The Labute approximate surface area is 95.9 Å². The van der Waals surface area contributed by atoms with Crippen molar-refractivity contribution in [1.29, 1.82) is 0 Å². The molecule has 0 aromatic rings. The third-order valence-corrected chi connectivity index (χ3v) is 1.82. The van der Waals surface area contributed by atoms with E-state index < -0.39 is 12.0 Å². The second-order valence-corrected chi connectivity index (χ2v) is 3.16. The molecule has 0 aliphatic carbocycles. The fourth-order valence-electron chi connectivity index (χ4n) is 1.10. The van der Waals surface area contributed by atoms with Gasteiger partial charge in [-0.3, -0.25) is 4.79 Å². The maximum Gasteiger partial charge on any atom is 0.329 e. The third-order valence-electron chi connectivity index (χ3n) is 1.82. The normalized spacial score (nSPS) is 10.9. The third kappa shape index (κ3) is 6.85. The first kappa shape index (κ1) is 14.5. The molecule has 0 spiro atoms. The molecule has 16 heavy (non-hydrogen) atoms. The summed E-state index contributed by atoms with van der Waals surface area (Å²) in [6.45, 7) is 4.15. The lowest BCUT2D eigenvalue weighted by Crippen LogP contribution is -2.47. The molecule has 5 nitrogen and oxygen atoms in total. The van der Waals surface area contributed by atoms with Gasteiger partial charge >= 0.3 is 5.97 Å². The molecule has 5 heteroatoms. The van der Waals surface area contributed by atoms with Crippen molar-refractivity contribution < 1.29 is 14.3 Å². The Kier molecular flexibility index (Phi) is 7.90. The standard InChI is InChI=1S/C11H18N2O3/c1-4-5-6-7-12-8-10(11(15)16-3)13-9(2)14/h10,12H,6-8H2,1-3H3,(H,13,14). The zero-order valence-electron chi connectivity index (χ0n) is 9.92. The maximum atomic E-state index is 11.3. The van der Waals surface area contributed by atoms with Crippen LogP contribution in [0.4, 0.5) is 0 Å². The van der Waals surface area contributed by atoms with Crippen LogP contribution >= 0.6 is 0 Å². The van der Waals surface area contributed by atoms with E-state index in [4.69, 9.17) is 0 Å². The second kappa shape index (κ2) is 8.74. The van der Waals surface area contributed by atoms with E-state index in [9.17, 15) is 9.59 Å². The van der Waals surface area contributed by atoms with Gasteiger partial charge in [0.05, 0.1) is 7.11 Å². The molecule has 0 saturated heterocycles. The summed E-state index contributed by atoms with van der Waals surface area (Å²) in [6.07, 6.45) is 0.713. The Morgan fingerprint density at radius 1 is 1.44 bits per heavy atom. The predicted octanol–water partition coefficient (Wildman–Crippen LogP) is -0.333. The van der Waals surface area contributed by atoms with Crippen molar-refractivity contribution in [3.63, 3.8) is 0 Å². The van der Waals surface area contributed by atoms with Crippen LogP contribution in [0.15, 0.2) is 0 Å². The molecule has 0 radical (unpaired) electrons. The highest BCUT2D eigenvalue weighted by Crippen LogP contribution is 1.87. The van der Waals surface area contributed by atoms with Gasteiger partial charge in [-0.25, -0.2) is 4.79 Å². The van der Waals surface area contributed by atoms with Crippen molar-refractivity contribution in [3.8, 4) is 11.8 Å². The molecule has 1 atom stereocenters. The van der Waals surface area contributed by atoms with Crippen LogP contribution < -0.4 is 10.6 Å². The molecule has 0 aromatic heterocycles. The van der Waals surface area contributed by atoms with Gasteiger partial charge in [0.1, 0.15) is 6.04 Å². The monoisotopic (exact) mass is 226 g/mol. The number of nitrogens with one attached hydrogen (secondary N) is 2. The van der Waals surface area contributed by atoms with Gasteiger partial charge in [0.15, 0.2) is 0 Å². The van der Waals surface area contributed by atoms with Gasteiger partial charge in [-0.15, -0.1) is 11.8 Å². The molecular formula is C11H18N2O3. The van der Waals surface area contributed by atoms with E-state index in [1.807, 2.05) is 0 Å². The number of ether oxygens (including phenoxy) is 1. The lowest BCUT2D eigenvalue weighted by molar-refractivity contribution is -0.144. The SMILES string of the molecule is CC#CCCNCC(NC(C)=O)C(=O)OC. The molecule has 1 amide bonds.